The third-order valence-electron chi connectivity index (χ3n) is 7.08. The first-order valence-corrected chi connectivity index (χ1v) is 12.8. The summed E-state index contributed by atoms with van der Waals surface area (Å²) in [5.74, 6) is -2.54. The van der Waals surface area contributed by atoms with E-state index < -0.39 is 17.5 Å². The molecule has 0 bridgehead atoms. The summed E-state index contributed by atoms with van der Waals surface area (Å²) in [6.45, 7) is 3.57. The van der Waals surface area contributed by atoms with Crippen molar-refractivity contribution in [2.45, 2.75) is 0 Å². The van der Waals surface area contributed by atoms with Crippen molar-refractivity contribution < 1.29 is 18.3 Å². The van der Waals surface area contributed by atoms with Crippen LogP contribution in [0.25, 0.3) is 39.3 Å². The molecule has 9 heteroatoms. The minimum Gasteiger partial charge on any atom is -0.395 e. The lowest BCUT2D eigenvalue weighted by atomic mass is 10.00. The number of β-amino-alcohol motifs (C(OH)–C–C–N with tert-alkyl or cyclic N) is 1. The summed E-state index contributed by atoms with van der Waals surface area (Å²) in [7, 11) is 0. The van der Waals surface area contributed by atoms with Crippen LogP contribution in [-0.4, -0.2) is 63.9 Å². The van der Waals surface area contributed by atoms with Crippen molar-refractivity contribution in [1.29, 1.82) is 0 Å². The van der Waals surface area contributed by atoms with Gasteiger partial charge in [-0.2, -0.15) is 9.61 Å². The fourth-order valence-electron chi connectivity index (χ4n) is 5.09. The first-order chi connectivity index (χ1) is 19.0. The molecule has 39 heavy (non-hydrogen) atoms. The SMILES string of the molecule is OCCN1CCN(c2cc(-c3ccccc3)nc3c(-c4cc(F)c(F)cc4F)c(-c4ccccc4)nn23)CC1. The number of aromatic nitrogens is 3. The summed E-state index contributed by atoms with van der Waals surface area (Å²) in [5.41, 5.74) is 3.14. The Balaban J connectivity index is 1.63. The number of hydrogen-bond acceptors (Lipinski definition) is 5. The summed E-state index contributed by atoms with van der Waals surface area (Å²) in [4.78, 5) is 9.28. The first-order valence-electron chi connectivity index (χ1n) is 12.8. The van der Waals surface area contributed by atoms with Crippen molar-refractivity contribution >= 4 is 11.5 Å². The van der Waals surface area contributed by atoms with Gasteiger partial charge in [-0.3, -0.25) is 4.90 Å². The number of anilines is 1. The van der Waals surface area contributed by atoms with E-state index >= 15 is 4.39 Å². The molecule has 0 aliphatic carbocycles. The van der Waals surface area contributed by atoms with Crippen LogP contribution in [0.1, 0.15) is 0 Å². The maximum absolute atomic E-state index is 15.3. The Kier molecular flexibility index (Phi) is 6.76. The zero-order valence-electron chi connectivity index (χ0n) is 21.1. The molecular formula is C30H26F3N5O. The van der Waals surface area contributed by atoms with Gasteiger partial charge < -0.3 is 10.0 Å². The molecule has 1 saturated heterocycles. The zero-order chi connectivity index (χ0) is 26.9. The molecule has 1 fully saturated rings. The van der Waals surface area contributed by atoms with Gasteiger partial charge in [-0.25, -0.2) is 18.2 Å². The van der Waals surface area contributed by atoms with Gasteiger partial charge in [0.1, 0.15) is 17.3 Å². The van der Waals surface area contributed by atoms with Crippen LogP contribution in [-0.2, 0) is 0 Å². The number of aliphatic hydroxyl groups is 1. The third-order valence-corrected chi connectivity index (χ3v) is 7.08. The molecule has 0 amide bonds. The third kappa shape index (κ3) is 4.75. The summed E-state index contributed by atoms with van der Waals surface area (Å²) in [6, 6.07) is 22.2. The normalized spacial score (nSPS) is 14.3. The van der Waals surface area contributed by atoms with Gasteiger partial charge in [-0.15, -0.1) is 0 Å². The molecule has 2 aromatic heterocycles. The number of aliphatic hydroxyl groups excluding tert-OH is 1. The van der Waals surface area contributed by atoms with Crippen molar-refractivity contribution in [3.8, 4) is 33.6 Å². The van der Waals surface area contributed by atoms with E-state index in [1.807, 2.05) is 66.7 Å². The highest BCUT2D eigenvalue weighted by Crippen LogP contribution is 2.39. The maximum Gasteiger partial charge on any atom is 0.166 e. The number of hydrogen-bond donors (Lipinski definition) is 1. The van der Waals surface area contributed by atoms with Crippen LogP contribution in [0.2, 0.25) is 0 Å². The van der Waals surface area contributed by atoms with E-state index in [0.717, 1.165) is 30.5 Å². The number of nitrogens with zero attached hydrogens (tertiary/aromatic N) is 5. The van der Waals surface area contributed by atoms with Gasteiger partial charge in [0.2, 0.25) is 0 Å². The average molecular weight is 530 g/mol. The number of benzene rings is 3. The minimum absolute atomic E-state index is 0.0976. The van der Waals surface area contributed by atoms with Crippen molar-refractivity contribution in [1.82, 2.24) is 19.5 Å². The highest BCUT2D eigenvalue weighted by atomic mass is 19.2. The van der Waals surface area contributed by atoms with Gasteiger partial charge in [0, 0.05) is 61.5 Å². The van der Waals surface area contributed by atoms with Crippen LogP contribution in [0.5, 0.6) is 0 Å². The van der Waals surface area contributed by atoms with Gasteiger partial charge >= 0.3 is 0 Å². The van der Waals surface area contributed by atoms with Crippen LogP contribution in [0, 0.1) is 17.5 Å². The van der Waals surface area contributed by atoms with E-state index in [9.17, 15) is 13.9 Å². The second-order valence-corrected chi connectivity index (χ2v) is 9.49. The van der Waals surface area contributed by atoms with E-state index in [4.69, 9.17) is 10.1 Å². The van der Waals surface area contributed by atoms with Gasteiger partial charge in [-0.05, 0) is 6.07 Å². The Morgan fingerprint density at radius 2 is 1.38 bits per heavy atom. The molecule has 3 aromatic carbocycles. The van der Waals surface area contributed by atoms with Gasteiger partial charge in [0.15, 0.2) is 17.3 Å². The second-order valence-electron chi connectivity index (χ2n) is 9.49. The Labute approximate surface area is 223 Å². The lowest BCUT2D eigenvalue weighted by Gasteiger charge is -2.35. The van der Waals surface area contributed by atoms with Crippen molar-refractivity contribution in [2.75, 3.05) is 44.2 Å². The highest BCUT2D eigenvalue weighted by molar-refractivity contribution is 5.92. The van der Waals surface area contributed by atoms with E-state index in [1.54, 1.807) is 4.52 Å². The monoisotopic (exact) mass is 529 g/mol. The number of rotatable bonds is 6. The molecule has 0 unspecified atom stereocenters. The van der Waals surface area contributed by atoms with Crippen molar-refractivity contribution in [3.63, 3.8) is 0 Å². The Hall–Kier alpha value is -4.21. The molecule has 1 aliphatic heterocycles. The average Bonchev–Trinajstić information content (AvgIpc) is 3.35. The van der Waals surface area contributed by atoms with Crippen LogP contribution in [0.15, 0.2) is 78.9 Å². The molecule has 3 heterocycles. The van der Waals surface area contributed by atoms with E-state index in [-0.39, 0.29) is 17.7 Å². The molecule has 198 valence electrons. The highest BCUT2D eigenvalue weighted by Gasteiger charge is 2.27. The summed E-state index contributed by atoms with van der Waals surface area (Å²) >= 11 is 0. The fraction of sp³-hybridized carbons (Fsp3) is 0.200. The Morgan fingerprint density at radius 3 is 2.05 bits per heavy atom. The van der Waals surface area contributed by atoms with Gasteiger partial charge in [0.25, 0.3) is 0 Å². The smallest absolute Gasteiger partial charge is 0.166 e. The molecule has 0 atom stereocenters. The molecule has 0 saturated carbocycles. The minimum atomic E-state index is -1.26. The predicted molar refractivity (Wildman–Crippen MR) is 145 cm³/mol. The van der Waals surface area contributed by atoms with E-state index in [0.29, 0.717) is 48.3 Å². The van der Waals surface area contributed by atoms with Crippen LogP contribution < -0.4 is 4.90 Å². The van der Waals surface area contributed by atoms with E-state index in [1.165, 1.54) is 0 Å². The zero-order valence-corrected chi connectivity index (χ0v) is 21.1. The lowest BCUT2D eigenvalue weighted by Crippen LogP contribution is -2.47. The largest absolute Gasteiger partial charge is 0.395 e. The molecule has 1 aliphatic rings. The number of fused-ring (bicyclic) bond motifs is 1. The Morgan fingerprint density at radius 1 is 0.744 bits per heavy atom. The molecule has 6 nitrogen and oxygen atoms in total. The number of halogens is 3. The molecule has 5 aromatic rings. The summed E-state index contributed by atoms with van der Waals surface area (Å²) < 4.78 is 45.4. The topological polar surface area (TPSA) is 56.9 Å². The molecule has 6 rings (SSSR count). The molecular weight excluding hydrogens is 503 g/mol. The van der Waals surface area contributed by atoms with Crippen LogP contribution >= 0.6 is 0 Å². The fourth-order valence-corrected chi connectivity index (χ4v) is 5.09. The van der Waals surface area contributed by atoms with Crippen molar-refractivity contribution in [2.24, 2.45) is 0 Å². The standard InChI is InChI=1S/C30H26F3N5O/c31-23-18-25(33)24(32)17-22(23)28-29(21-9-5-2-6-10-21)35-38-27(37-13-11-36(12-14-37)15-16-39)19-26(34-30(28)38)20-7-3-1-4-8-20/h1-10,17-19,39H,11-16H2. The Bertz CT molecular complexity index is 1620. The van der Waals surface area contributed by atoms with Gasteiger partial charge in [-0.1, -0.05) is 60.7 Å². The van der Waals surface area contributed by atoms with Gasteiger partial charge in [0.05, 0.1) is 17.9 Å². The summed E-state index contributed by atoms with van der Waals surface area (Å²) in [5, 5.41) is 14.2. The first kappa shape index (κ1) is 25.1. The maximum atomic E-state index is 15.3. The molecule has 1 N–H and O–H groups in total. The summed E-state index contributed by atoms with van der Waals surface area (Å²) in [6.07, 6.45) is 0. The molecule has 0 radical (unpaired) electrons. The van der Waals surface area contributed by atoms with Crippen LogP contribution in [0.4, 0.5) is 19.0 Å². The predicted octanol–water partition coefficient (Wildman–Crippen LogP) is 5.26. The number of piperazine rings is 1. The van der Waals surface area contributed by atoms with Crippen LogP contribution in [0.3, 0.4) is 0 Å². The van der Waals surface area contributed by atoms with E-state index in [2.05, 4.69) is 9.80 Å². The second kappa shape index (κ2) is 10.5. The molecule has 0 spiro atoms. The van der Waals surface area contributed by atoms with Crippen molar-refractivity contribution in [3.05, 3.63) is 96.3 Å². The quantitative estimate of drug-likeness (QED) is 0.304. The lowest BCUT2D eigenvalue weighted by molar-refractivity contribution is 0.188.